The second-order valence-corrected chi connectivity index (χ2v) is 6.31. The van der Waals surface area contributed by atoms with Crippen molar-refractivity contribution in [3.8, 4) is 0 Å². The normalized spacial score (nSPS) is 13.5. The number of halogens is 1. The van der Waals surface area contributed by atoms with Crippen LogP contribution >= 0.6 is 0 Å². The van der Waals surface area contributed by atoms with Crippen molar-refractivity contribution in [2.75, 3.05) is 6.54 Å². The number of hydrogen-bond donors (Lipinski definition) is 2. The standard InChI is InChI=1S/C13H21FN2O2S/c1-3-4-5-11(9-15)16-19(17,18)13-8-10(2)6-7-12(13)14/h6-8,11,16H,3-5,9,15H2,1-2H3. The Morgan fingerprint density at radius 3 is 2.68 bits per heavy atom. The van der Waals surface area contributed by atoms with Gasteiger partial charge < -0.3 is 5.73 Å². The van der Waals surface area contributed by atoms with Crippen LogP contribution in [0, 0.1) is 12.7 Å². The summed E-state index contributed by atoms with van der Waals surface area (Å²) in [6.07, 6.45) is 2.48. The average Bonchev–Trinajstić information content (AvgIpc) is 2.37. The van der Waals surface area contributed by atoms with E-state index in [1.54, 1.807) is 6.92 Å². The summed E-state index contributed by atoms with van der Waals surface area (Å²) in [5, 5.41) is 0. The lowest BCUT2D eigenvalue weighted by Crippen LogP contribution is -2.40. The summed E-state index contributed by atoms with van der Waals surface area (Å²) in [5.74, 6) is -0.746. The fourth-order valence-corrected chi connectivity index (χ4v) is 3.22. The van der Waals surface area contributed by atoms with E-state index in [1.807, 2.05) is 6.92 Å². The van der Waals surface area contributed by atoms with Crippen molar-refractivity contribution in [1.29, 1.82) is 0 Å². The number of rotatable bonds is 7. The zero-order valence-electron chi connectivity index (χ0n) is 11.3. The van der Waals surface area contributed by atoms with E-state index in [4.69, 9.17) is 5.73 Å². The van der Waals surface area contributed by atoms with Crippen molar-refractivity contribution in [1.82, 2.24) is 4.72 Å². The van der Waals surface area contributed by atoms with Crippen LogP contribution in [0.2, 0.25) is 0 Å². The monoisotopic (exact) mass is 288 g/mol. The number of benzene rings is 1. The number of sulfonamides is 1. The Bertz CT molecular complexity index is 517. The largest absolute Gasteiger partial charge is 0.329 e. The third kappa shape index (κ3) is 4.56. The molecule has 0 spiro atoms. The first kappa shape index (κ1) is 16.1. The Morgan fingerprint density at radius 1 is 1.42 bits per heavy atom. The van der Waals surface area contributed by atoms with Crippen molar-refractivity contribution >= 4 is 10.0 Å². The molecule has 0 amide bonds. The molecule has 1 unspecified atom stereocenters. The number of nitrogens with two attached hydrogens (primary N) is 1. The van der Waals surface area contributed by atoms with Crippen LogP contribution in [0.1, 0.15) is 31.7 Å². The Balaban J connectivity index is 2.93. The van der Waals surface area contributed by atoms with Gasteiger partial charge in [0.1, 0.15) is 10.7 Å². The quantitative estimate of drug-likeness (QED) is 0.805. The van der Waals surface area contributed by atoms with Crippen LogP contribution in [0.25, 0.3) is 0 Å². The van der Waals surface area contributed by atoms with Gasteiger partial charge in [-0.1, -0.05) is 25.8 Å². The molecule has 4 nitrogen and oxygen atoms in total. The molecule has 0 radical (unpaired) electrons. The van der Waals surface area contributed by atoms with E-state index in [2.05, 4.69) is 4.72 Å². The summed E-state index contributed by atoms with van der Waals surface area (Å²) >= 11 is 0. The molecule has 108 valence electrons. The van der Waals surface area contributed by atoms with Crippen molar-refractivity contribution in [2.45, 2.75) is 44.0 Å². The first-order valence-corrected chi connectivity index (χ1v) is 7.87. The third-order valence-corrected chi connectivity index (χ3v) is 4.42. The molecule has 1 rings (SSSR count). The summed E-state index contributed by atoms with van der Waals surface area (Å²) in [4.78, 5) is -0.317. The molecule has 0 heterocycles. The minimum absolute atomic E-state index is 0.201. The molecular weight excluding hydrogens is 267 g/mol. The molecule has 0 aliphatic heterocycles. The van der Waals surface area contributed by atoms with Crippen LogP contribution in [0.3, 0.4) is 0 Å². The second-order valence-electron chi connectivity index (χ2n) is 4.63. The molecule has 0 bridgehead atoms. The van der Waals surface area contributed by atoms with Crippen molar-refractivity contribution < 1.29 is 12.8 Å². The Labute approximate surface area is 114 Å². The maximum absolute atomic E-state index is 13.6. The highest BCUT2D eigenvalue weighted by Crippen LogP contribution is 2.16. The van der Waals surface area contributed by atoms with Gasteiger partial charge in [-0.15, -0.1) is 0 Å². The van der Waals surface area contributed by atoms with Crippen molar-refractivity contribution in [2.24, 2.45) is 5.73 Å². The van der Waals surface area contributed by atoms with Crippen LogP contribution in [0.15, 0.2) is 23.1 Å². The molecule has 3 N–H and O–H groups in total. The van der Waals surface area contributed by atoms with Gasteiger partial charge >= 0.3 is 0 Å². The van der Waals surface area contributed by atoms with Crippen LogP contribution in [0.5, 0.6) is 0 Å². The molecule has 0 fully saturated rings. The van der Waals surface area contributed by atoms with Crippen LogP contribution in [-0.4, -0.2) is 21.0 Å². The minimum atomic E-state index is -3.86. The molecule has 0 saturated heterocycles. The van der Waals surface area contributed by atoms with Crippen LogP contribution < -0.4 is 10.5 Å². The Morgan fingerprint density at radius 2 is 2.11 bits per heavy atom. The predicted octanol–water partition coefficient (Wildman–Crippen LogP) is 1.93. The molecule has 1 aromatic rings. The Hall–Kier alpha value is -0.980. The molecule has 0 aromatic heterocycles. The highest BCUT2D eigenvalue weighted by atomic mass is 32.2. The van der Waals surface area contributed by atoms with Gasteiger partial charge in [0.2, 0.25) is 10.0 Å². The predicted molar refractivity (Wildman–Crippen MR) is 73.8 cm³/mol. The summed E-state index contributed by atoms with van der Waals surface area (Å²) in [6.45, 7) is 3.94. The van der Waals surface area contributed by atoms with Gasteiger partial charge in [0.25, 0.3) is 0 Å². The fraction of sp³-hybridized carbons (Fsp3) is 0.538. The number of hydrogen-bond acceptors (Lipinski definition) is 3. The molecule has 0 saturated carbocycles. The van der Waals surface area contributed by atoms with E-state index in [0.29, 0.717) is 12.0 Å². The highest BCUT2D eigenvalue weighted by Gasteiger charge is 2.22. The number of nitrogens with one attached hydrogen (secondary N) is 1. The first-order valence-electron chi connectivity index (χ1n) is 6.39. The minimum Gasteiger partial charge on any atom is -0.329 e. The second kappa shape index (κ2) is 6.98. The lowest BCUT2D eigenvalue weighted by atomic mass is 10.1. The van der Waals surface area contributed by atoms with E-state index < -0.39 is 15.8 Å². The lowest BCUT2D eigenvalue weighted by molar-refractivity contribution is 0.509. The van der Waals surface area contributed by atoms with Gasteiger partial charge in [-0.2, -0.15) is 0 Å². The lowest BCUT2D eigenvalue weighted by Gasteiger charge is -2.17. The van der Waals surface area contributed by atoms with Gasteiger partial charge in [-0.25, -0.2) is 17.5 Å². The fourth-order valence-electron chi connectivity index (χ4n) is 1.77. The van der Waals surface area contributed by atoms with E-state index in [0.717, 1.165) is 18.9 Å². The van der Waals surface area contributed by atoms with Gasteiger partial charge in [-0.05, 0) is 31.0 Å². The van der Waals surface area contributed by atoms with Crippen LogP contribution in [-0.2, 0) is 10.0 Å². The maximum atomic E-state index is 13.6. The van der Waals surface area contributed by atoms with Crippen LogP contribution in [0.4, 0.5) is 4.39 Å². The Kier molecular flexibility index (Phi) is 5.90. The zero-order valence-corrected chi connectivity index (χ0v) is 12.1. The van der Waals surface area contributed by atoms with E-state index in [9.17, 15) is 12.8 Å². The molecule has 1 atom stereocenters. The zero-order chi connectivity index (χ0) is 14.5. The third-order valence-electron chi connectivity index (χ3n) is 2.89. The smallest absolute Gasteiger partial charge is 0.243 e. The molecule has 6 heteroatoms. The van der Waals surface area contributed by atoms with E-state index in [-0.39, 0.29) is 17.5 Å². The molecule has 0 aliphatic carbocycles. The number of aryl methyl sites for hydroxylation is 1. The maximum Gasteiger partial charge on any atom is 0.243 e. The van der Waals surface area contributed by atoms with Gasteiger partial charge in [0.15, 0.2) is 0 Å². The highest BCUT2D eigenvalue weighted by molar-refractivity contribution is 7.89. The summed E-state index contributed by atoms with van der Waals surface area (Å²) in [5.41, 5.74) is 6.24. The SMILES string of the molecule is CCCCC(CN)NS(=O)(=O)c1cc(C)ccc1F. The average molecular weight is 288 g/mol. The van der Waals surface area contributed by atoms with Gasteiger partial charge in [0, 0.05) is 12.6 Å². The molecule has 19 heavy (non-hydrogen) atoms. The number of unbranched alkanes of at least 4 members (excludes halogenated alkanes) is 1. The van der Waals surface area contributed by atoms with Crippen molar-refractivity contribution in [3.63, 3.8) is 0 Å². The van der Waals surface area contributed by atoms with E-state index >= 15 is 0 Å². The van der Waals surface area contributed by atoms with Crippen molar-refractivity contribution in [3.05, 3.63) is 29.6 Å². The molecular formula is C13H21FN2O2S. The summed E-state index contributed by atoms with van der Waals surface area (Å²) < 4.78 is 40.4. The molecule has 0 aliphatic rings. The van der Waals surface area contributed by atoms with Gasteiger partial charge in [0.05, 0.1) is 0 Å². The van der Waals surface area contributed by atoms with E-state index in [1.165, 1.54) is 12.1 Å². The first-order chi connectivity index (χ1) is 8.90. The topological polar surface area (TPSA) is 72.2 Å². The molecule has 1 aromatic carbocycles. The summed E-state index contributed by atoms with van der Waals surface area (Å²) in [7, 11) is -3.86. The van der Waals surface area contributed by atoms with Gasteiger partial charge in [-0.3, -0.25) is 0 Å². The summed E-state index contributed by atoms with van der Waals surface area (Å²) in [6, 6.07) is 3.66.